The van der Waals surface area contributed by atoms with Gasteiger partial charge < -0.3 is 4.84 Å². The maximum absolute atomic E-state index is 13.2. The maximum atomic E-state index is 13.2. The lowest BCUT2D eigenvalue weighted by Gasteiger charge is -2.19. The molecule has 8 heteroatoms. The molecule has 3 aromatic carbocycles. The molecule has 0 spiro atoms. The number of benzene rings is 3. The lowest BCUT2D eigenvalue weighted by atomic mass is 10.1. The van der Waals surface area contributed by atoms with Crippen molar-refractivity contribution < 1.29 is 19.2 Å². The Hall–Kier alpha value is -4.04. The van der Waals surface area contributed by atoms with Crippen molar-refractivity contribution in [2.75, 3.05) is 0 Å². The molecule has 5 rings (SSSR count). The van der Waals surface area contributed by atoms with E-state index in [1.807, 2.05) is 0 Å². The van der Waals surface area contributed by atoms with Gasteiger partial charge in [-0.3, -0.25) is 14.4 Å². The van der Waals surface area contributed by atoms with Gasteiger partial charge in [0, 0.05) is 0 Å². The summed E-state index contributed by atoms with van der Waals surface area (Å²) in [6.45, 7) is 0. The van der Waals surface area contributed by atoms with Crippen molar-refractivity contribution in [2.45, 2.75) is 6.04 Å². The number of hydrogen-bond donors (Lipinski definition) is 0. The molecule has 1 atom stereocenters. The highest BCUT2D eigenvalue weighted by Gasteiger charge is 2.40. The van der Waals surface area contributed by atoms with E-state index in [0.29, 0.717) is 20.7 Å². The summed E-state index contributed by atoms with van der Waals surface area (Å²) in [4.78, 5) is 56.8. The lowest BCUT2D eigenvalue weighted by molar-refractivity contribution is -0.171. The van der Waals surface area contributed by atoms with Gasteiger partial charge in [0.2, 0.25) is 0 Å². The van der Waals surface area contributed by atoms with Crippen molar-refractivity contribution in [1.82, 2.24) is 9.02 Å². The van der Waals surface area contributed by atoms with Crippen molar-refractivity contribution in [2.24, 2.45) is 0 Å². The molecule has 1 aliphatic rings. The van der Waals surface area contributed by atoms with Crippen LogP contribution in [0.1, 0.15) is 32.3 Å². The SMILES string of the molecule is O=C(ON1C(=O)c2ccccc2C1=O)C(c1ccccc1)n1sc2ccccc2c1=O. The van der Waals surface area contributed by atoms with Crippen LogP contribution in [0.2, 0.25) is 0 Å². The number of amides is 2. The van der Waals surface area contributed by atoms with Gasteiger partial charge in [0.25, 0.3) is 17.4 Å². The molecule has 0 saturated carbocycles. The van der Waals surface area contributed by atoms with Gasteiger partial charge in [-0.05, 0) is 29.8 Å². The van der Waals surface area contributed by atoms with E-state index in [1.54, 1.807) is 66.7 Å². The quantitative estimate of drug-likeness (QED) is 0.463. The van der Waals surface area contributed by atoms with Gasteiger partial charge >= 0.3 is 5.97 Å². The van der Waals surface area contributed by atoms with Crippen molar-refractivity contribution >= 4 is 39.4 Å². The predicted octanol–water partition coefficient (Wildman–Crippen LogP) is 3.41. The number of carbonyl (C=O) groups is 3. The molecule has 4 aromatic rings. The van der Waals surface area contributed by atoms with Gasteiger partial charge in [0.15, 0.2) is 6.04 Å². The third kappa shape index (κ3) is 3.04. The molecule has 0 N–H and O–H groups in total. The number of rotatable bonds is 4. The second-order valence-corrected chi connectivity index (χ2v) is 7.91. The van der Waals surface area contributed by atoms with Gasteiger partial charge in [0.05, 0.1) is 21.2 Å². The normalized spacial score (nSPS) is 14.0. The van der Waals surface area contributed by atoms with Crippen LogP contribution in [0.3, 0.4) is 0 Å². The average molecular weight is 430 g/mol. The van der Waals surface area contributed by atoms with Gasteiger partial charge in [-0.15, -0.1) is 0 Å². The van der Waals surface area contributed by atoms with E-state index in [1.165, 1.54) is 16.1 Å². The van der Waals surface area contributed by atoms with Crippen molar-refractivity contribution in [3.05, 3.63) is 106 Å². The molecule has 7 nitrogen and oxygen atoms in total. The molecular weight excluding hydrogens is 416 g/mol. The molecule has 1 aliphatic heterocycles. The second kappa shape index (κ2) is 7.33. The maximum Gasteiger partial charge on any atom is 0.361 e. The Bertz CT molecular complexity index is 1370. The number of hydroxylamine groups is 2. The molecule has 31 heavy (non-hydrogen) atoms. The fourth-order valence-electron chi connectivity index (χ4n) is 3.55. The zero-order valence-electron chi connectivity index (χ0n) is 15.9. The molecule has 2 amide bonds. The number of imide groups is 1. The number of hydrogen-bond acceptors (Lipinski definition) is 6. The van der Waals surface area contributed by atoms with E-state index < -0.39 is 23.8 Å². The van der Waals surface area contributed by atoms with Crippen molar-refractivity contribution in [3.63, 3.8) is 0 Å². The Balaban J connectivity index is 1.56. The fraction of sp³-hybridized carbons (Fsp3) is 0.0435. The van der Waals surface area contributed by atoms with Crippen LogP contribution in [0, 0.1) is 0 Å². The summed E-state index contributed by atoms with van der Waals surface area (Å²) in [5.74, 6) is -2.34. The molecule has 1 aromatic heterocycles. The molecule has 0 saturated heterocycles. The highest BCUT2D eigenvalue weighted by atomic mass is 32.1. The first-order valence-corrected chi connectivity index (χ1v) is 10.2. The summed E-state index contributed by atoms with van der Waals surface area (Å²) in [6.07, 6.45) is 0. The van der Waals surface area contributed by atoms with Crippen LogP contribution in [0.5, 0.6) is 0 Å². The minimum Gasteiger partial charge on any atom is -0.327 e. The van der Waals surface area contributed by atoms with E-state index in [2.05, 4.69) is 0 Å². The molecule has 1 unspecified atom stereocenters. The first-order valence-electron chi connectivity index (χ1n) is 9.41. The summed E-state index contributed by atoms with van der Waals surface area (Å²) in [7, 11) is 0. The Morgan fingerprint density at radius 2 is 1.35 bits per heavy atom. The van der Waals surface area contributed by atoms with Crippen LogP contribution in [0.4, 0.5) is 0 Å². The smallest absolute Gasteiger partial charge is 0.327 e. The summed E-state index contributed by atoms with van der Waals surface area (Å²) < 4.78 is 2.02. The van der Waals surface area contributed by atoms with E-state index in [-0.39, 0.29) is 16.7 Å². The van der Waals surface area contributed by atoms with Gasteiger partial charge in [-0.1, -0.05) is 71.2 Å². The minimum absolute atomic E-state index is 0.163. The van der Waals surface area contributed by atoms with Crippen molar-refractivity contribution in [1.29, 1.82) is 0 Å². The zero-order chi connectivity index (χ0) is 21.5. The fourth-order valence-corrected chi connectivity index (χ4v) is 4.65. The Morgan fingerprint density at radius 1 is 0.774 bits per heavy atom. The Labute approximate surface area is 179 Å². The lowest BCUT2D eigenvalue weighted by Crippen LogP contribution is -2.37. The van der Waals surface area contributed by atoms with Gasteiger partial charge in [-0.25, -0.2) is 8.75 Å². The largest absolute Gasteiger partial charge is 0.361 e. The average Bonchev–Trinajstić information content (AvgIpc) is 3.25. The summed E-state index contributed by atoms with van der Waals surface area (Å²) in [5.41, 5.74) is 0.470. The summed E-state index contributed by atoms with van der Waals surface area (Å²) in [6, 6.07) is 20.7. The second-order valence-electron chi connectivity index (χ2n) is 6.89. The van der Waals surface area contributed by atoms with Crippen LogP contribution in [0.25, 0.3) is 10.1 Å². The standard InChI is InChI=1S/C23H14N2O5S/c26-20-15-10-4-5-11-16(15)21(27)24(20)30-23(29)19(14-8-2-1-3-9-14)25-22(28)17-12-6-7-13-18(17)31-25/h1-13,19H. The van der Waals surface area contributed by atoms with E-state index in [9.17, 15) is 19.2 Å². The third-order valence-electron chi connectivity index (χ3n) is 5.03. The molecule has 0 aliphatic carbocycles. The van der Waals surface area contributed by atoms with E-state index in [4.69, 9.17) is 4.84 Å². The van der Waals surface area contributed by atoms with E-state index in [0.717, 1.165) is 11.5 Å². The monoisotopic (exact) mass is 430 g/mol. The zero-order valence-corrected chi connectivity index (χ0v) is 16.7. The predicted molar refractivity (Wildman–Crippen MR) is 114 cm³/mol. The van der Waals surface area contributed by atoms with Crippen LogP contribution in [-0.4, -0.2) is 26.8 Å². The van der Waals surface area contributed by atoms with Crippen LogP contribution in [-0.2, 0) is 9.63 Å². The summed E-state index contributed by atoms with van der Waals surface area (Å²) >= 11 is 1.12. The number of aromatic nitrogens is 1. The minimum atomic E-state index is -1.16. The molecule has 0 radical (unpaired) electrons. The Morgan fingerprint density at radius 3 is 2.00 bits per heavy atom. The number of carbonyl (C=O) groups excluding carboxylic acids is 3. The highest BCUT2D eigenvalue weighted by molar-refractivity contribution is 7.14. The van der Waals surface area contributed by atoms with E-state index >= 15 is 0 Å². The first kappa shape index (κ1) is 19.0. The van der Waals surface area contributed by atoms with Crippen LogP contribution < -0.4 is 5.56 Å². The van der Waals surface area contributed by atoms with Crippen molar-refractivity contribution in [3.8, 4) is 0 Å². The number of nitrogens with zero attached hydrogens (tertiary/aromatic N) is 2. The molecule has 0 fully saturated rings. The topological polar surface area (TPSA) is 85.7 Å². The highest BCUT2D eigenvalue weighted by Crippen LogP contribution is 2.28. The Kier molecular flexibility index (Phi) is 4.48. The summed E-state index contributed by atoms with van der Waals surface area (Å²) in [5, 5.41) is 0.934. The number of fused-ring (bicyclic) bond motifs is 2. The van der Waals surface area contributed by atoms with Gasteiger partial charge in [-0.2, -0.15) is 0 Å². The molecule has 2 heterocycles. The first-order chi connectivity index (χ1) is 15.1. The van der Waals surface area contributed by atoms with Crippen LogP contribution >= 0.6 is 11.5 Å². The molecular formula is C23H14N2O5S. The third-order valence-corrected chi connectivity index (χ3v) is 6.15. The van der Waals surface area contributed by atoms with Crippen LogP contribution in [0.15, 0.2) is 83.7 Å². The molecule has 0 bridgehead atoms. The van der Waals surface area contributed by atoms with Gasteiger partial charge in [0.1, 0.15) is 0 Å². The molecule has 152 valence electrons.